The highest BCUT2D eigenvalue weighted by atomic mass is 32.1. The molecular formula is C15H20N2OS. The van der Waals surface area contributed by atoms with Crippen LogP contribution in [0.15, 0.2) is 23.6 Å². The lowest BCUT2D eigenvalue weighted by atomic mass is 10.0. The Morgan fingerprint density at radius 3 is 2.84 bits per heavy atom. The number of aromatic nitrogens is 1. The van der Waals surface area contributed by atoms with E-state index in [-0.39, 0.29) is 6.04 Å². The van der Waals surface area contributed by atoms with Gasteiger partial charge in [0.2, 0.25) is 0 Å². The van der Waals surface area contributed by atoms with Gasteiger partial charge in [-0.3, -0.25) is 0 Å². The van der Waals surface area contributed by atoms with Crippen LogP contribution in [-0.4, -0.2) is 24.7 Å². The molecule has 0 amide bonds. The normalized spacial score (nSPS) is 12.4. The second-order valence-corrected chi connectivity index (χ2v) is 5.72. The van der Waals surface area contributed by atoms with Crippen molar-refractivity contribution in [2.24, 2.45) is 0 Å². The van der Waals surface area contributed by atoms with Crippen molar-refractivity contribution in [1.29, 1.82) is 0 Å². The standard InChI is InChI=1S/C15H20N2OS/c1-10-5-6-13(11(2)7-10)14-9-19-15(17-14)16-12(3)8-18-4/h5-7,9,12H,8H2,1-4H3,(H,16,17)/t12-/m1/s1. The van der Waals surface area contributed by atoms with Crippen LogP contribution in [-0.2, 0) is 4.74 Å². The molecule has 0 saturated heterocycles. The molecule has 0 unspecified atom stereocenters. The number of anilines is 1. The van der Waals surface area contributed by atoms with Gasteiger partial charge < -0.3 is 10.1 Å². The number of thiazole rings is 1. The SMILES string of the molecule is COC[C@@H](C)Nc1nc(-c2ccc(C)cc2C)cs1. The zero-order chi connectivity index (χ0) is 13.8. The van der Waals surface area contributed by atoms with E-state index in [4.69, 9.17) is 4.74 Å². The third-order valence-electron chi connectivity index (χ3n) is 2.95. The molecule has 1 atom stereocenters. The van der Waals surface area contributed by atoms with Gasteiger partial charge in [-0.05, 0) is 26.3 Å². The van der Waals surface area contributed by atoms with Crippen molar-refractivity contribution in [3.05, 3.63) is 34.7 Å². The van der Waals surface area contributed by atoms with E-state index in [1.165, 1.54) is 16.7 Å². The predicted molar refractivity (Wildman–Crippen MR) is 82.0 cm³/mol. The molecule has 1 aromatic carbocycles. The second kappa shape index (κ2) is 6.17. The van der Waals surface area contributed by atoms with Gasteiger partial charge >= 0.3 is 0 Å². The van der Waals surface area contributed by atoms with Crippen LogP contribution in [0.4, 0.5) is 5.13 Å². The van der Waals surface area contributed by atoms with Crippen LogP contribution in [0.5, 0.6) is 0 Å². The summed E-state index contributed by atoms with van der Waals surface area (Å²) >= 11 is 1.63. The maximum atomic E-state index is 5.11. The minimum absolute atomic E-state index is 0.267. The number of benzene rings is 1. The average Bonchev–Trinajstić information content (AvgIpc) is 2.77. The molecule has 3 nitrogen and oxygen atoms in total. The average molecular weight is 276 g/mol. The van der Waals surface area contributed by atoms with Gasteiger partial charge in [0.15, 0.2) is 5.13 Å². The van der Waals surface area contributed by atoms with E-state index in [2.05, 4.69) is 54.7 Å². The molecule has 102 valence electrons. The lowest BCUT2D eigenvalue weighted by Crippen LogP contribution is -2.20. The summed E-state index contributed by atoms with van der Waals surface area (Å²) in [4.78, 5) is 4.65. The maximum Gasteiger partial charge on any atom is 0.183 e. The van der Waals surface area contributed by atoms with Gasteiger partial charge in [0.05, 0.1) is 12.3 Å². The molecular weight excluding hydrogens is 256 g/mol. The van der Waals surface area contributed by atoms with Gasteiger partial charge in [0, 0.05) is 24.1 Å². The second-order valence-electron chi connectivity index (χ2n) is 4.86. The smallest absolute Gasteiger partial charge is 0.183 e. The van der Waals surface area contributed by atoms with Crippen LogP contribution in [0.3, 0.4) is 0 Å². The molecule has 0 saturated carbocycles. The summed E-state index contributed by atoms with van der Waals surface area (Å²) in [5.41, 5.74) is 4.79. The van der Waals surface area contributed by atoms with Gasteiger partial charge in [0.1, 0.15) is 0 Å². The predicted octanol–water partition coefficient (Wildman–Crippen LogP) is 3.87. The number of rotatable bonds is 5. The van der Waals surface area contributed by atoms with Crippen molar-refractivity contribution in [2.75, 3.05) is 19.0 Å². The number of ether oxygens (including phenoxy) is 1. The monoisotopic (exact) mass is 276 g/mol. The van der Waals surface area contributed by atoms with Gasteiger partial charge in [-0.2, -0.15) is 0 Å². The van der Waals surface area contributed by atoms with Crippen molar-refractivity contribution in [3.8, 4) is 11.3 Å². The van der Waals surface area contributed by atoms with Crippen LogP contribution >= 0.6 is 11.3 Å². The van der Waals surface area contributed by atoms with Crippen LogP contribution in [0.1, 0.15) is 18.1 Å². The minimum Gasteiger partial charge on any atom is -0.383 e. The molecule has 0 radical (unpaired) electrons. The van der Waals surface area contributed by atoms with Crippen LogP contribution in [0.25, 0.3) is 11.3 Å². The molecule has 0 aliphatic heterocycles. The number of hydrogen-bond acceptors (Lipinski definition) is 4. The van der Waals surface area contributed by atoms with Gasteiger partial charge in [-0.1, -0.05) is 23.8 Å². The Morgan fingerprint density at radius 1 is 1.37 bits per heavy atom. The fraction of sp³-hybridized carbons (Fsp3) is 0.400. The van der Waals surface area contributed by atoms with Gasteiger partial charge in [-0.25, -0.2) is 4.98 Å². The highest BCUT2D eigenvalue weighted by molar-refractivity contribution is 7.14. The van der Waals surface area contributed by atoms with E-state index >= 15 is 0 Å². The van der Waals surface area contributed by atoms with E-state index in [0.29, 0.717) is 6.61 Å². The van der Waals surface area contributed by atoms with Crippen LogP contribution < -0.4 is 5.32 Å². The van der Waals surface area contributed by atoms with Gasteiger partial charge in [0.25, 0.3) is 0 Å². The fourth-order valence-electron chi connectivity index (χ4n) is 2.07. The topological polar surface area (TPSA) is 34.1 Å². The molecule has 1 N–H and O–H groups in total. The minimum atomic E-state index is 0.267. The summed E-state index contributed by atoms with van der Waals surface area (Å²) in [5.74, 6) is 0. The largest absolute Gasteiger partial charge is 0.383 e. The first-order valence-corrected chi connectivity index (χ1v) is 7.26. The Morgan fingerprint density at radius 2 is 2.16 bits per heavy atom. The molecule has 2 aromatic rings. The molecule has 0 aliphatic rings. The molecule has 4 heteroatoms. The van der Waals surface area contributed by atoms with Crippen LogP contribution in [0.2, 0.25) is 0 Å². The molecule has 0 bridgehead atoms. The number of nitrogens with zero attached hydrogens (tertiary/aromatic N) is 1. The van der Waals surface area contributed by atoms with Crippen molar-refractivity contribution < 1.29 is 4.74 Å². The van der Waals surface area contributed by atoms with E-state index in [1.54, 1.807) is 18.4 Å². The van der Waals surface area contributed by atoms with Crippen molar-refractivity contribution in [1.82, 2.24) is 4.98 Å². The summed E-state index contributed by atoms with van der Waals surface area (Å²) in [7, 11) is 1.71. The number of hydrogen-bond donors (Lipinski definition) is 1. The molecule has 1 aromatic heterocycles. The van der Waals surface area contributed by atoms with E-state index in [9.17, 15) is 0 Å². The fourth-order valence-corrected chi connectivity index (χ4v) is 2.89. The third-order valence-corrected chi connectivity index (χ3v) is 3.72. The molecule has 0 fully saturated rings. The highest BCUT2D eigenvalue weighted by Crippen LogP contribution is 2.28. The van der Waals surface area contributed by atoms with Crippen molar-refractivity contribution in [2.45, 2.75) is 26.8 Å². The third kappa shape index (κ3) is 3.55. The first-order chi connectivity index (χ1) is 9.10. The zero-order valence-electron chi connectivity index (χ0n) is 11.9. The summed E-state index contributed by atoms with van der Waals surface area (Å²) in [6.45, 7) is 7.00. The number of aryl methyl sites for hydroxylation is 2. The zero-order valence-corrected chi connectivity index (χ0v) is 12.7. The Hall–Kier alpha value is -1.39. The van der Waals surface area contributed by atoms with E-state index in [0.717, 1.165) is 10.8 Å². The lowest BCUT2D eigenvalue weighted by Gasteiger charge is -2.10. The summed E-state index contributed by atoms with van der Waals surface area (Å²) in [6.07, 6.45) is 0. The summed E-state index contributed by atoms with van der Waals surface area (Å²) in [5, 5.41) is 6.39. The summed E-state index contributed by atoms with van der Waals surface area (Å²) < 4.78 is 5.11. The number of methoxy groups -OCH3 is 1. The van der Waals surface area contributed by atoms with Crippen molar-refractivity contribution >= 4 is 16.5 Å². The Kier molecular flexibility index (Phi) is 4.56. The molecule has 2 rings (SSSR count). The Labute approximate surface area is 118 Å². The molecule has 1 heterocycles. The van der Waals surface area contributed by atoms with Crippen molar-refractivity contribution in [3.63, 3.8) is 0 Å². The highest BCUT2D eigenvalue weighted by Gasteiger charge is 2.09. The summed E-state index contributed by atoms with van der Waals surface area (Å²) in [6, 6.07) is 6.72. The Balaban J connectivity index is 2.16. The quantitative estimate of drug-likeness (QED) is 0.900. The first-order valence-electron chi connectivity index (χ1n) is 6.38. The lowest BCUT2D eigenvalue weighted by molar-refractivity contribution is 0.190. The van der Waals surface area contributed by atoms with E-state index < -0.39 is 0 Å². The number of nitrogens with one attached hydrogen (secondary N) is 1. The maximum absolute atomic E-state index is 5.11. The van der Waals surface area contributed by atoms with E-state index in [1.807, 2.05) is 0 Å². The van der Waals surface area contributed by atoms with Crippen LogP contribution in [0, 0.1) is 13.8 Å². The molecule has 19 heavy (non-hydrogen) atoms. The molecule has 0 aliphatic carbocycles. The molecule has 0 spiro atoms. The van der Waals surface area contributed by atoms with Gasteiger partial charge in [-0.15, -0.1) is 11.3 Å². The first kappa shape index (κ1) is 14.0. The Bertz CT molecular complexity index is 551.